The number of nitrogens with zero attached hydrogens (tertiary/aromatic N) is 2. The summed E-state index contributed by atoms with van der Waals surface area (Å²) in [5.41, 5.74) is 0.299. The molecule has 10 heteroatoms. The van der Waals surface area contributed by atoms with Crippen LogP contribution in [0, 0.1) is 0 Å². The summed E-state index contributed by atoms with van der Waals surface area (Å²) in [5.74, 6) is -0.814. The van der Waals surface area contributed by atoms with E-state index in [-0.39, 0.29) is 41.2 Å². The molecule has 1 aliphatic heterocycles. The summed E-state index contributed by atoms with van der Waals surface area (Å²) < 4.78 is 29.3. The molecule has 0 N–H and O–H groups in total. The van der Waals surface area contributed by atoms with Crippen LogP contribution in [0.2, 0.25) is 0 Å². The predicted molar refractivity (Wildman–Crippen MR) is 122 cm³/mol. The number of hydrogen-bond acceptors (Lipinski definition) is 7. The van der Waals surface area contributed by atoms with Gasteiger partial charge in [0.25, 0.3) is 5.91 Å². The van der Waals surface area contributed by atoms with Crippen LogP contribution >= 0.6 is 11.8 Å². The van der Waals surface area contributed by atoms with Crippen LogP contribution in [0.25, 0.3) is 0 Å². The van der Waals surface area contributed by atoms with Crippen molar-refractivity contribution in [1.82, 2.24) is 9.80 Å². The number of amides is 2. The van der Waals surface area contributed by atoms with E-state index in [2.05, 4.69) is 0 Å². The molecule has 1 saturated heterocycles. The molecular formula is C22H30N2O6S2. The van der Waals surface area contributed by atoms with Crippen LogP contribution in [-0.2, 0) is 24.2 Å². The van der Waals surface area contributed by atoms with Crippen LogP contribution in [0.5, 0.6) is 0 Å². The molecule has 2 fully saturated rings. The highest BCUT2D eigenvalue weighted by molar-refractivity contribution is 8.00. The minimum Gasteiger partial charge on any atom is -0.452 e. The number of thioether (sulfide) groups is 1. The zero-order valence-electron chi connectivity index (χ0n) is 18.5. The van der Waals surface area contributed by atoms with Gasteiger partial charge in [0, 0.05) is 31.1 Å². The van der Waals surface area contributed by atoms with Gasteiger partial charge >= 0.3 is 5.97 Å². The summed E-state index contributed by atoms with van der Waals surface area (Å²) >= 11 is 1.24. The fourth-order valence-electron chi connectivity index (χ4n) is 4.19. The van der Waals surface area contributed by atoms with Crippen molar-refractivity contribution < 1.29 is 27.5 Å². The van der Waals surface area contributed by atoms with Crippen molar-refractivity contribution in [1.29, 1.82) is 0 Å². The van der Waals surface area contributed by atoms with Gasteiger partial charge in [0.2, 0.25) is 5.91 Å². The Morgan fingerprint density at radius 3 is 2.34 bits per heavy atom. The third-order valence-corrected chi connectivity index (χ3v) is 8.70. The first-order chi connectivity index (χ1) is 15.2. The molecule has 2 amide bonds. The first-order valence-electron chi connectivity index (χ1n) is 10.8. The molecular weight excluding hydrogens is 452 g/mol. The average molecular weight is 483 g/mol. The molecule has 176 valence electrons. The van der Waals surface area contributed by atoms with E-state index in [1.807, 2.05) is 0 Å². The molecule has 1 unspecified atom stereocenters. The Balaban J connectivity index is 1.65. The second-order valence-corrected chi connectivity index (χ2v) is 11.7. The minimum atomic E-state index is -3.14. The maximum atomic E-state index is 13.0. The molecule has 1 heterocycles. The van der Waals surface area contributed by atoms with Crippen molar-refractivity contribution in [3.63, 3.8) is 0 Å². The van der Waals surface area contributed by atoms with Crippen molar-refractivity contribution in [2.45, 2.75) is 49.1 Å². The number of sulfone groups is 1. The zero-order chi connectivity index (χ0) is 23.3. The zero-order valence-corrected chi connectivity index (χ0v) is 20.1. The highest BCUT2D eigenvalue weighted by Gasteiger charge is 2.39. The summed E-state index contributed by atoms with van der Waals surface area (Å²) in [5, 5.41) is 0. The Morgan fingerprint density at radius 1 is 1.03 bits per heavy atom. The number of hydrogen-bond donors (Lipinski definition) is 0. The van der Waals surface area contributed by atoms with Crippen LogP contribution in [-0.4, -0.2) is 86.0 Å². The monoisotopic (exact) mass is 482 g/mol. The van der Waals surface area contributed by atoms with Crippen molar-refractivity contribution in [2.24, 2.45) is 0 Å². The largest absolute Gasteiger partial charge is 0.452 e. The Kier molecular flexibility index (Phi) is 8.21. The lowest BCUT2D eigenvalue weighted by Crippen LogP contribution is -2.48. The van der Waals surface area contributed by atoms with Gasteiger partial charge in [-0.05, 0) is 31.4 Å². The molecule has 8 nitrogen and oxygen atoms in total. The molecule has 1 aromatic carbocycles. The first kappa shape index (κ1) is 24.6. The van der Waals surface area contributed by atoms with Crippen LogP contribution < -0.4 is 0 Å². The molecule has 0 bridgehead atoms. The number of carbonyl (C=O) groups is 3. The standard InChI is InChI=1S/C22H30N2O6S2/c1-23(2)21(26)14-31-19-10-6-5-9-18(19)22(27)30-13-20(25)24(16-7-3-4-8-16)17-11-12-32(28,29)15-17/h5-6,9-10,16-17H,3-4,7-8,11-15H2,1-2H3. The number of carbonyl (C=O) groups excluding carboxylic acids is 3. The Morgan fingerprint density at radius 2 is 1.72 bits per heavy atom. The van der Waals surface area contributed by atoms with E-state index in [1.54, 1.807) is 43.3 Å². The number of benzene rings is 1. The lowest BCUT2D eigenvalue weighted by molar-refractivity contribution is -0.139. The summed E-state index contributed by atoms with van der Waals surface area (Å²) in [7, 11) is 0.196. The molecule has 2 aliphatic rings. The van der Waals surface area contributed by atoms with E-state index in [9.17, 15) is 22.8 Å². The molecule has 0 radical (unpaired) electrons. The summed E-state index contributed by atoms with van der Waals surface area (Å²) in [6.45, 7) is -0.429. The second kappa shape index (κ2) is 10.7. The molecule has 0 aromatic heterocycles. The third kappa shape index (κ3) is 6.25. The summed E-state index contributed by atoms with van der Waals surface area (Å²) in [6, 6.07) is 6.46. The molecule has 32 heavy (non-hydrogen) atoms. The maximum Gasteiger partial charge on any atom is 0.339 e. The average Bonchev–Trinajstić information content (AvgIpc) is 3.40. The normalized spacial score (nSPS) is 20.1. The second-order valence-electron chi connectivity index (χ2n) is 8.45. The lowest BCUT2D eigenvalue weighted by Gasteiger charge is -2.33. The van der Waals surface area contributed by atoms with E-state index >= 15 is 0 Å². The van der Waals surface area contributed by atoms with Gasteiger partial charge in [0.05, 0.1) is 22.8 Å². The number of esters is 1. The predicted octanol–water partition coefficient (Wildman–Crippen LogP) is 1.98. The van der Waals surface area contributed by atoms with Crippen LogP contribution in [0.1, 0.15) is 42.5 Å². The van der Waals surface area contributed by atoms with E-state index in [0.717, 1.165) is 25.7 Å². The van der Waals surface area contributed by atoms with Crippen LogP contribution in [0.4, 0.5) is 0 Å². The fourth-order valence-corrected chi connectivity index (χ4v) is 6.92. The molecule has 3 rings (SSSR count). The van der Waals surface area contributed by atoms with Gasteiger partial charge in [-0.1, -0.05) is 25.0 Å². The smallest absolute Gasteiger partial charge is 0.339 e. The van der Waals surface area contributed by atoms with Gasteiger partial charge in [-0.25, -0.2) is 13.2 Å². The molecule has 1 aliphatic carbocycles. The maximum absolute atomic E-state index is 13.0. The van der Waals surface area contributed by atoms with Crippen LogP contribution in [0.15, 0.2) is 29.2 Å². The van der Waals surface area contributed by atoms with Gasteiger partial charge in [0.15, 0.2) is 16.4 Å². The van der Waals surface area contributed by atoms with Crippen molar-refractivity contribution >= 4 is 39.4 Å². The van der Waals surface area contributed by atoms with Gasteiger partial charge in [-0.15, -0.1) is 11.8 Å². The first-order valence-corrected chi connectivity index (χ1v) is 13.6. The van der Waals surface area contributed by atoms with Gasteiger partial charge in [-0.3, -0.25) is 9.59 Å². The van der Waals surface area contributed by atoms with Crippen molar-refractivity contribution in [3.8, 4) is 0 Å². The Hall–Kier alpha value is -2.07. The van der Waals surface area contributed by atoms with Gasteiger partial charge in [0.1, 0.15) is 0 Å². The highest BCUT2D eigenvalue weighted by Crippen LogP contribution is 2.29. The van der Waals surface area contributed by atoms with Gasteiger partial charge in [-0.2, -0.15) is 0 Å². The van der Waals surface area contributed by atoms with Crippen molar-refractivity contribution in [2.75, 3.05) is 38.0 Å². The summed E-state index contributed by atoms with van der Waals surface area (Å²) in [4.78, 5) is 41.4. The summed E-state index contributed by atoms with van der Waals surface area (Å²) in [6.07, 6.45) is 4.12. The lowest BCUT2D eigenvalue weighted by atomic mass is 10.1. The Bertz CT molecular complexity index is 957. The van der Waals surface area contributed by atoms with Crippen molar-refractivity contribution in [3.05, 3.63) is 29.8 Å². The molecule has 0 spiro atoms. The quantitative estimate of drug-likeness (QED) is 0.412. The molecule has 1 saturated carbocycles. The molecule has 1 aromatic rings. The van der Waals surface area contributed by atoms with E-state index in [4.69, 9.17) is 4.74 Å². The minimum absolute atomic E-state index is 0.000565. The topological polar surface area (TPSA) is 101 Å². The van der Waals surface area contributed by atoms with Crippen LogP contribution in [0.3, 0.4) is 0 Å². The van der Waals surface area contributed by atoms with E-state index < -0.39 is 22.4 Å². The number of rotatable bonds is 8. The third-order valence-electron chi connectivity index (χ3n) is 5.89. The van der Waals surface area contributed by atoms with Gasteiger partial charge < -0.3 is 14.5 Å². The van der Waals surface area contributed by atoms with E-state index in [0.29, 0.717) is 16.9 Å². The fraction of sp³-hybridized carbons (Fsp3) is 0.591. The number of ether oxygens (including phenoxy) is 1. The highest BCUT2D eigenvalue weighted by atomic mass is 32.2. The van der Waals surface area contributed by atoms with E-state index in [1.165, 1.54) is 16.7 Å². The molecule has 1 atom stereocenters. The SMILES string of the molecule is CN(C)C(=O)CSc1ccccc1C(=O)OCC(=O)N(C1CCCC1)C1CCS(=O)(=O)C1. The Labute approximate surface area is 193 Å².